The van der Waals surface area contributed by atoms with Crippen LogP contribution in [0, 0.1) is 0 Å². The van der Waals surface area contributed by atoms with Crippen molar-refractivity contribution in [2.45, 2.75) is 32.2 Å². The molecule has 1 aliphatic heterocycles. The first-order valence-corrected chi connectivity index (χ1v) is 5.57. The van der Waals surface area contributed by atoms with Crippen molar-refractivity contribution in [1.29, 1.82) is 0 Å². The number of ether oxygens (including phenoxy) is 2. The average molecular weight is 243 g/mol. The highest BCUT2D eigenvalue weighted by atomic mass is 16.6. The molecule has 6 nitrogen and oxygen atoms in total. The fraction of sp³-hybridized carbons (Fsp3) is 0.636. The molecule has 2 N–H and O–H groups in total. The van der Waals surface area contributed by atoms with Crippen molar-refractivity contribution >= 4 is 11.9 Å². The van der Waals surface area contributed by atoms with E-state index in [0.29, 0.717) is 26.1 Å². The summed E-state index contributed by atoms with van der Waals surface area (Å²) in [6.45, 7) is 2.64. The normalized spacial score (nSPS) is 16.2. The Balaban J connectivity index is 2.25. The van der Waals surface area contributed by atoms with Gasteiger partial charge in [-0.25, -0.2) is 0 Å². The molecule has 0 aromatic carbocycles. The van der Waals surface area contributed by atoms with Crippen LogP contribution in [0.2, 0.25) is 0 Å². The number of carboxylic acids is 1. The van der Waals surface area contributed by atoms with Crippen molar-refractivity contribution in [3.63, 3.8) is 0 Å². The van der Waals surface area contributed by atoms with Crippen LogP contribution in [0.25, 0.3) is 0 Å². The summed E-state index contributed by atoms with van der Waals surface area (Å²) in [4.78, 5) is 21.9. The van der Waals surface area contributed by atoms with Gasteiger partial charge in [-0.05, 0) is 19.8 Å². The van der Waals surface area contributed by atoms with Crippen molar-refractivity contribution in [2.24, 2.45) is 0 Å². The fourth-order valence-electron chi connectivity index (χ4n) is 1.41. The van der Waals surface area contributed by atoms with Crippen molar-refractivity contribution in [3.8, 4) is 0 Å². The van der Waals surface area contributed by atoms with E-state index in [0.717, 1.165) is 0 Å². The number of carbonyl (C=O) groups excluding carboxylic acids is 1. The molecule has 1 unspecified atom stereocenters. The molecule has 1 atom stereocenters. The van der Waals surface area contributed by atoms with Crippen LogP contribution >= 0.6 is 0 Å². The Hall–Kier alpha value is -1.72. The molecule has 1 aliphatic rings. The molecule has 0 bridgehead atoms. The number of aliphatic carboxylic acids is 1. The summed E-state index contributed by atoms with van der Waals surface area (Å²) in [7, 11) is 0. The van der Waals surface area contributed by atoms with Crippen LogP contribution in [0.15, 0.2) is 12.0 Å². The number of amides is 1. The van der Waals surface area contributed by atoms with Gasteiger partial charge in [-0.1, -0.05) is 0 Å². The third-order valence-electron chi connectivity index (χ3n) is 2.28. The fourth-order valence-corrected chi connectivity index (χ4v) is 1.41. The molecule has 1 amide bonds. The molecule has 17 heavy (non-hydrogen) atoms. The van der Waals surface area contributed by atoms with E-state index < -0.39 is 5.97 Å². The predicted molar refractivity (Wildman–Crippen MR) is 59.1 cm³/mol. The Morgan fingerprint density at radius 2 is 2.29 bits per heavy atom. The summed E-state index contributed by atoms with van der Waals surface area (Å²) in [5, 5.41) is 11.2. The predicted octanol–water partition coefficient (Wildman–Crippen LogP) is 0.634. The average Bonchev–Trinajstić information content (AvgIpc) is 2.29. The largest absolute Gasteiger partial charge is 0.494 e. The summed E-state index contributed by atoms with van der Waals surface area (Å²) >= 11 is 0. The van der Waals surface area contributed by atoms with Gasteiger partial charge < -0.3 is 19.9 Å². The number of carboxylic acid groups (broad SMARTS) is 1. The molecule has 1 heterocycles. The molecule has 0 aromatic heterocycles. The Kier molecular flexibility index (Phi) is 5.32. The molecular weight excluding hydrogens is 226 g/mol. The zero-order valence-corrected chi connectivity index (χ0v) is 9.77. The van der Waals surface area contributed by atoms with Gasteiger partial charge >= 0.3 is 5.97 Å². The van der Waals surface area contributed by atoms with Gasteiger partial charge in [-0.3, -0.25) is 9.59 Å². The summed E-state index contributed by atoms with van der Waals surface area (Å²) in [6.07, 6.45) is 2.56. The molecule has 1 rings (SSSR count). The minimum Gasteiger partial charge on any atom is -0.494 e. The van der Waals surface area contributed by atoms with E-state index in [4.69, 9.17) is 14.6 Å². The van der Waals surface area contributed by atoms with Crippen LogP contribution in [0.5, 0.6) is 0 Å². The SMILES string of the molecule is CC(CCCC(=O)O)NC(=O)C1=COCCO1. The van der Waals surface area contributed by atoms with E-state index >= 15 is 0 Å². The lowest BCUT2D eigenvalue weighted by molar-refractivity contribution is -0.137. The first-order valence-electron chi connectivity index (χ1n) is 5.57. The van der Waals surface area contributed by atoms with E-state index in [-0.39, 0.29) is 24.1 Å². The minimum atomic E-state index is -0.824. The summed E-state index contributed by atoms with van der Waals surface area (Å²) in [5.41, 5.74) is 0. The molecule has 0 aliphatic carbocycles. The van der Waals surface area contributed by atoms with E-state index in [1.807, 2.05) is 6.92 Å². The van der Waals surface area contributed by atoms with Gasteiger partial charge in [0.2, 0.25) is 5.76 Å². The van der Waals surface area contributed by atoms with Crippen molar-refractivity contribution in [2.75, 3.05) is 13.2 Å². The minimum absolute atomic E-state index is 0.0896. The topological polar surface area (TPSA) is 84.9 Å². The van der Waals surface area contributed by atoms with Crippen molar-refractivity contribution < 1.29 is 24.2 Å². The zero-order valence-electron chi connectivity index (χ0n) is 9.77. The zero-order chi connectivity index (χ0) is 12.7. The van der Waals surface area contributed by atoms with Crippen LogP contribution < -0.4 is 5.32 Å². The lowest BCUT2D eigenvalue weighted by Gasteiger charge is -2.18. The van der Waals surface area contributed by atoms with Crippen molar-refractivity contribution in [3.05, 3.63) is 12.0 Å². The second kappa shape index (κ2) is 6.78. The van der Waals surface area contributed by atoms with Crippen molar-refractivity contribution in [1.82, 2.24) is 5.32 Å². The highest BCUT2D eigenvalue weighted by molar-refractivity contribution is 5.91. The first-order chi connectivity index (χ1) is 8.09. The van der Waals surface area contributed by atoms with E-state index in [2.05, 4.69) is 5.32 Å². The summed E-state index contributed by atoms with van der Waals surface area (Å²) in [5.74, 6) is -0.982. The number of rotatable bonds is 6. The van der Waals surface area contributed by atoms with Gasteiger partial charge in [-0.2, -0.15) is 0 Å². The molecule has 6 heteroatoms. The number of hydrogen-bond acceptors (Lipinski definition) is 4. The number of nitrogens with one attached hydrogen (secondary N) is 1. The number of hydrogen-bond donors (Lipinski definition) is 2. The molecule has 0 spiro atoms. The Bertz CT molecular complexity index is 313. The van der Waals surface area contributed by atoms with Gasteiger partial charge in [-0.15, -0.1) is 0 Å². The molecular formula is C11H17NO5. The summed E-state index contributed by atoms with van der Waals surface area (Å²) < 4.78 is 10.1. The second-order valence-corrected chi connectivity index (χ2v) is 3.86. The smallest absolute Gasteiger partial charge is 0.303 e. The Labute approximate surface area is 99.6 Å². The van der Waals surface area contributed by atoms with Gasteiger partial charge in [0.25, 0.3) is 5.91 Å². The Morgan fingerprint density at radius 3 is 2.88 bits per heavy atom. The molecule has 0 saturated carbocycles. The maximum Gasteiger partial charge on any atom is 0.303 e. The molecule has 0 aromatic rings. The van der Waals surface area contributed by atoms with Gasteiger partial charge in [0.15, 0.2) is 0 Å². The van der Waals surface area contributed by atoms with Crippen LogP contribution in [-0.4, -0.2) is 36.2 Å². The molecule has 96 valence electrons. The third kappa shape index (κ3) is 5.24. The summed E-state index contributed by atoms with van der Waals surface area (Å²) in [6, 6.07) is -0.0896. The van der Waals surface area contributed by atoms with Crippen LogP contribution in [0.1, 0.15) is 26.2 Å². The number of carbonyl (C=O) groups is 2. The lowest BCUT2D eigenvalue weighted by atomic mass is 10.1. The second-order valence-electron chi connectivity index (χ2n) is 3.86. The quantitative estimate of drug-likeness (QED) is 0.715. The first kappa shape index (κ1) is 13.3. The van der Waals surface area contributed by atoms with Crippen LogP contribution in [0.3, 0.4) is 0 Å². The highest BCUT2D eigenvalue weighted by Crippen LogP contribution is 2.06. The third-order valence-corrected chi connectivity index (χ3v) is 2.28. The maximum atomic E-state index is 11.6. The standard InChI is InChI=1S/C11H17NO5/c1-8(3-2-4-10(13)14)12-11(15)9-7-16-5-6-17-9/h7-8H,2-6H2,1H3,(H,12,15)(H,13,14). The van der Waals surface area contributed by atoms with Gasteiger partial charge in [0.1, 0.15) is 19.5 Å². The molecule has 0 radical (unpaired) electrons. The van der Waals surface area contributed by atoms with Crippen LogP contribution in [-0.2, 0) is 19.1 Å². The monoisotopic (exact) mass is 243 g/mol. The van der Waals surface area contributed by atoms with E-state index in [9.17, 15) is 9.59 Å². The van der Waals surface area contributed by atoms with E-state index in [1.54, 1.807) is 0 Å². The lowest BCUT2D eigenvalue weighted by Crippen LogP contribution is -2.35. The molecule has 0 fully saturated rings. The van der Waals surface area contributed by atoms with Gasteiger partial charge in [0.05, 0.1) is 0 Å². The maximum absolute atomic E-state index is 11.6. The molecule has 0 saturated heterocycles. The van der Waals surface area contributed by atoms with Gasteiger partial charge in [0, 0.05) is 12.5 Å². The Morgan fingerprint density at radius 1 is 1.53 bits per heavy atom. The highest BCUT2D eigenvalue weighted by Gasteiger charge is 2.16. The van der Waals surface area contributed by atoms with E-state index in [1.165, 1.54) is 6.26 Å². The van der Waals surface area contributed by atoms with Crippen LogP contribution in [0.4, 0.5) is 0 Å².